The van der Waals surface area contributed by atoms with Crippen LogP contribution in [0.2, 0.25) is 5.02 Å². The van der Waals surface area contributed by atoms with Gasteiger partial charge in [0.05, 0.1) is 22.8 Å². The lowest BCUT2D eigenvalue weighted by atomic mass is 9.74. The zero-order valence-corrected chi connectivity index (χ0v) is 20.2. The van der Waals surface area contributed by atoms with Gasteiger partial charge in [-0.05, 0) is 18.9 Å². The van der Waals surface area contributed by atoms with Gasteiger partial charge in [0, 0.05) is 31.7 Å². The summed E-state index contributed by atoms with van der Waals surface area (Å²) < 4.78 is 31.2. The maximum Gasteiger partial charge on any atom is 0.319 e. The molecule has 0 unspecified atom stereocenters. The van der Waals surface area contributed by atoms with Crippen molar-refractivity contribution in [1.29, 1.82) is 0 Å². The lowest BCUT2D eigenvalue weighted by Gasteiger charge is -2.42. The molecule has 8 nitrogen and oxygen atoms in total. The number of amides is 3. The third-order valence-corrected chi connectivity index (χ3v) is 6.95. The summed E-state index contributed by atoms with van der Waals surface area (Å²) in [5, 5.41) is 6.20. The van der Waals surface area contributed by atoms with Crippen LogP contribution in [0.1, 0.15) is 62.2 Å². The van der Waals surface area contributed by atoms with E-state index in [9.17, 15) is 18.4 Å². The Labute approximate surface area is 202 Å². The number of oxazole rings is 1. The van der Waals surface area contributed by atoms with E-state index in [2.05, 4.69) is 15.6 Å². The number of piperazine rings is 1. The van der Waals surface area contributed by atoms with Crippen LogP contribution in [0.15, 0.2) is 10.5 Å². The zero-order valence-electron chi connectivity index (χ0n) is 19.4. The molecule has 3 amide bonds. The molecule has 1 aliphatic carbocycles. The third-order valence-electron chi connectivity index (χ3n) is 6.65. The Morgan fingerprint density at radius 3 is 2.53 bits per heavy atom. The predicted molar refractivity (Wildman–Crippen MR) is 126 cm³/mol. The van der Waals surface area contributed by atoms with Gasteiger partial charge in [0.15, 0.2) is 5.58 Å². The summed E-state index contributed by atoms with van der Waals surface area (Å²) >= 11 is 6.50. The fourth-order valence-corrected chi connectivity index (χ4v) is 5.37. The smallest absolute Gasteiger partial charge is 0.319 e. The van der Waals surface area contributed by atoms with E-state index >= 15 is 0 Å². The van der Waals surface area contributed by atoms with Crippen molar-refractivity contribution in [1.82, 2.24) is 20.1 Å². The highest BCUT2D eigenvalue weighted by atomic mass is 35.5. The summed E-state index contributed by atoms with van der Waals surface area (Å²) in [7, 11) is 0. The molecule has 1 aromatic heterocycles. The molecule has 0 radical (unpaired) electrons. The number of nitrogens with one attached hydrogen (secondary N) is 2. The summed E-state index contributed by atoms with van der Waals surface area (Å²) in [4.78, 5) is 33.0. The van der Waals surface area contributed by atoms with Gasteiger partial charge in [-0.2, -0.15) is 0 Å². The minimum absolute atomic E-state index is 0.0605. The maximum absolute atomic E-state index is 13.1. The van der Waals surface area contributed by atoms with E-state index in [-0.39, 0.29) is 24.4 Å². The number of fused-ring (bicyclic) bond motifs is 4. The Balaban J connectivity index is 0.00000133. The van der Waals surface area contributed by atoms with Gasteiger partial charge in [0.25, 0.3) is 12.3 Å². The number of carbonyl (C=O) groups is 2. The molecule has 34 heavy (non-hydrogen) atoms. The Morgan fingerprint density at radius 1 is 1.21 bits per heavy atom. The topological polar surface area (TPSA) is 90.7 Å². The summed E-state index contributed by atoms with van der Waals surface area (Å²) in [5.41, 5.74) is 1.53. The average molecular weight is 498 g/mol. The van der Waals surface area contributed by atoms with Crippen molar-refractivity contribution >= 4 is 40.3 Å². The van der Waals surface area contributed by atoms with Gasteiger partial charge in [-0.15, -0.1) is 0 Å². The number of carbonyl (C=O) groups excluding carboxylic acids is 2. The molecule has 5 rings (SSSR count). The van der Waals surface area contributed by atoms with Crippen molar-refractivity contribution in [3.8, 4) is 0 Å². The molecule has 1 saturated carbocycles. The Bertz CT molecular complexity index is 1060. The normalized spacial score (nSPS) is 19.9. The molecule has 186 valence electrons. The number of rotatable bonds is 3. The molecular weight excluding hydrogens is 468 g/mol. The molecule has 0 atom stereocenters. The van der Waals surface area contributed by atoms with Crippen LogP contribution in [0.3, 0.4) is 0 Å². The van der Waals surface area contributed by atoms with Crippen LogP contribution in [0.5, 0.6) is 0 Å². The minimum atomic E-state index is -2.40. The molecule has 0 bridgehead atoms. The predicted octanol–water partition coefficient (Wildman–Crippen LogP) is 4.82. The monoisotopic (exact) mass is 497 g/mol. The summed E-state index contributed by atoms with van der Waals surface area (Å²) in [5.74, 6) is -0.442. The van der Waals surface area contributed by atoms with Gasteiger partial charge in [0.1, 0.15) is 5.52 Å². The molecule has 3 aliphatic rings. The summed E-state index contributed by atoms with van der Waals surface area (Å²) in [6.07, 6.45) is 2.10. The van der Waals surface area contributed by atoms with Crippen LogP contribution in [0.4, 0.5) is 19.3 Å². The number of urea groups is 1. The number of anilines is 1. The van der Waals surface area contributed by atoms with Gasteiger partial charge >= 0.3 is 11.9 Å². The molecule has 2 N–H and O–H groups in total. The van der Waals surface area contributed by atoms with Crippen LogP contribution in [0, 0.1) is 0 Å². The Morgan fingerprint density at radius 2 is 1.88 bits per heavy atom. The van der Waals surface area contributed by atoms with E-state index < -0.39 is 12.0 Å². The van der Waals surface area contributed by atoms with Crippen molar-refractivity contribution < 1.29 is 22.8 Å². The number of benzene rings is 1. The first kappa shape index (κ1) is 24.7. The molecule has 2 aliphatic heterocycles. The van der Waals surface area contributed by atoms with Crippen LogP contribution < -0.4 is 10.6 Å². The first-order valence-electron chi connectivity index (χ1n) is 11.9. The fraction of sp³-hybridized carbons (Fsp3) is 0.609. The van der Waals surface area contributed by atoms with E-state index in [0.29, 0.717) is 48.0 Å². The van der Waals surface area contributed by atoms with Crippen LogP contribution in [-0.4, -0.2) is 65.9 Å². The first-order chi connectivity index (χ1) is 16.4. The van der Waals surface area contributed by atoms with Gasteiger partial charge in [-0.25, -0.2) is 18.6 Å². The number of alkyl halides is 2. The van der Waals surface area contributed by atoms with Gasteiger partial charge in [-0.3, -0.25) is 9.69 Å². The molecule has 1 aromatic carbocycles. The highest BCUT2D eigenvalue weighted by Crippen LogP contribution is 2.48. The largest absolute Gasteiger partial charge is 0.432 e. The highest BCUT2D eigenvalue weighted by Gasteiger charge is 2.44. The maximum atomic E-state index is 13.1. The van der Waals surface area contributed by atoms with Crippen molar-refractivity contribution in [2.75, 3.05) is 38.0 Å². The lowest BCUT2D eigenvalue weighted by Crippen LogP contribution is -2.52. The number of halogens is 3. The van der Waals surface area contributed by atoms with Crippen molar-refractivity contribution in [3.63, 3.8) is 0 Å². The number of aromatic nitrogens is 1. The highest BCUT2D eigenvalue weighted by molar-refractivity contribution is 6.35. The second kappa shape index (κ2) is 10.0. The van der Waals surface area contributed by atoms with Crippen LogP contribution in [0.25, 0.3) is 11.1 Å². The van der Waals surface area contributed by atoms with Crippen molar-refractivity contribution in [2.24, 2.45) is 0 Å². The Hall–Kier alpha value is -2.46. The first-order valence-corrected chi connectivity index (χ1v) is 12.3. The average Bonchev–Trinajstić information content (AvgIpc) is 3.24. The second-order valence-electron chi connectivity index (χ2n) is 8.68. The molecule has 1 saturated heterocycles. The molecule has 1 spiro atoms. The van der Waals surface area contributed by atoms with Gasteiger partial charge in [-0.1, -0.05) is 44.7 Å². The van der Waals surface area contributed by atoms with E-state index in [4.69, 9.17) is 16.0 Å². The van der Waals surface area contributed by atoms with Crippen LogP contribution in [-0.2, 0) is 5.54 Å². The summed E-state index contributed by atoms with van der Waals surface area (Å²) in [6.45, 7) is 5.10. The van der Waals surface area contributed by atoms with Crippen molar-refractivity contribution in [3.05, 3.63) is 22.5 Å². The SMILES string of the molecule is CC.O=C1Nc2c(Cl)cc3nc(C(=O)N4CCN(CC(F)F)CC4)oc3c2C2(CCCCC2)N1. The van der Waals surface area contributed by atoms with Crippen molar-refractivity contribution in [2.45, 2.75) is 57.9 Å². The minimum Gasteiger partial charge on any atom is -0.432 e. The third kappa shape index (κ3) is 4.57. The van der Waals surface area contributed by atoms with Crippen LogP contribution >= 0.6 is 11.6 Å². The standard InChI is InChI=1S/C21H24ClF2N5O3.C2H6/c22-12-10-13-17(15-16(12)26-20(31)27-21(15)4-2-1-3-5-21)32-18(25-13)19(30)29-8-6-28(7-9-29)11-14(23)24;1-2/h10,14H,1-9,11H2,(H2,26,27,31);1-2H3. The molecule has 11 heteroatoms. The van der Waals surface area contributed by atoms with E-state index in [1.165, 1.54) is 0 Å². The van der Waals surface area contributed by atoms with Gasteiger partial charge < -0.3 is 20.0 Å². The summed E-state index contributed by atoms with van der Waals surface area (Å²) in [6, 6.07) is 1.29. The number of nitrogens with zero attached hydrogens (tertiary/aromatic N) is 3. The molecule has 2 aromatic rings. The number of hydrogen-bond acceptors (Lipinski definition) is 5. The second-order valence-corrected chi connectivity index (χ2v) is 9.09. The van der Waals surface area contributed by atoms with E-state index in [1.54, 1.807) is 15.9 Å². The molecule has 2 fully saturated rings. The molecule has 3 heterocycles. The zero-order chi connectivity index (χ0) is 24.5. The van der Waals surface area contributed by atoms with E-state index in [0.717, 1.165) is 37.7 Å². The molecular formula is C23H30ClF2N5O3. The fourth-order valence-electron chi connectivity index (χ4n) is 5.12. The Kier molecular flexibility index (Phi) is 7.28. The van der Waals surface area contributed by atoms with E-state index in [1.807, 2.05) is 13.8 Å². The lowest BCUT2D eigenvalue weighted by molar-refractivity contribution is 0.0436. The quantitative estimate of drug-likeness (QED) is 0.634. The van der Waals surface area contributed by atoms with Gasteiger partial charge in [0.2, 0.25) is 0 Å². The number of hydrogen-bond donors (Lipinski definition) is 2.